The van der Waals surface area contributed by atoms with Crippen LogP contribution in [0, 0.1) is 13.8 Å². The van der Waals surface area contributed by atoms with Crippen molar-refractivity contribution in [1.29, 1.82) is 0 Å². The predicted octanol–water partition coefficient (Wildman–Crippen LogP) is 3.32. The number of hydrazine groups is 1. The minimum absolute atomic E-state index is 0.355. The van der Waals surface area contributed by atoms with Crippen LogP contribution < -0.4 is 21.5 Å². The number of aromatic nitrogens is 4. The highest BCUT2D eigenvalue weighted by Crippen LogP contribution is 2.23. The van der Waals surface area contributed by atoms with Gasteiger partial charge in [0.1, 0.15) is 5.82 Å². The molecule has 11 heteroatoms. The first kappa shape index (κ1) is 27.4. The van der Waals surface area contributed by atoms with Gasteiger partial charge >= 0.3 is 0 Å². The summed E-state index contributed by atoms with van der Waals surface area (Å²) >= 11 is 0. The van der Waals surface area contributed by atoms with Gasteiger partial charge in [0.25, 0.3) is 11.8 Å². The number of H-pyrrole nitrogens is 1. The van der Waals surface area contributed by atoms with E-state index in [2.05, 4.69) is 30.6 Å². The summed E-state index contributed by atoms with van der Waals surface area (Å²) < 4.78 is 0. The number of rotatable bonds is 9. The van der Waals surface area contributed by atoms with Gasteiger partial charge < -0.3 is 20.7 Å². The van der Waals surface area contributed by atoms with E-state index in [0.717, 1.165) is 22.1 Å². The van der Waals surface area contributed by atoms with Crippen LogP contribution in [0.3, 0.4) is 0 Å². The lowest BCUT2D eigenvalue weighted by atomic mass is 9.99. The summed E-state index contributed by atoms with van der Waals surface area (Å²) in [5.74, 6) is 5.55. The molecule has 2 unspecified atom stereocenters. The fraction of sp³-hybridized carbons (Fsp3) is 0.167. The summed E-state index contributed by atoms with van der Waals surface area (Å²) in [5.41, 5.74) is 5.24. The van der Waals surface area contributed by atoms with E-state index in [-0.39, 0.29) is 0 Å². The number of carbonyl (C=O) groups is 2. The lowest BCUT2D eigenvalue weighted by Crippen LogP contribution is -2.50. The van der Waals surface area contributed by atoms with Crippen LogP contribution in [0.15, 0.2) is 85.2 Å². The largest absolute Gasteiger partial charge is 0.381 e. The summed E-state index contributed by atoms with van der Waals surface area (Å²) in [6.07, 6.45) is -0.128. The van der Waals surface area contributed by atoms with Crippen LogP contribution >= 0.6 is 0 Å². The van der Waals surface area contributed by atoms with E-state index in [1.807, 2.05) is 19.9 Å². The highest BCUT2D eigenvalue weighted by molar-refractivity contribution is 5.99. The van der Waals surface area contributed by atoms with Crippen LogP contribution in [0.4, 0.5) is 11.4 Å². The normalized spacial score (nSPS) is 12.5. The van der Waals surface area contributed by atoms with Gasteiger partial charge in [-0.05, 0) is 67.9 Å². The number of hydrogen-bond acceptors (Lipinski definition) is 8. The van der Waals surface area contributed by atoms with Gasteiger partial charge in [-0.3, -0.25) is 9.59 Å². The van der Waals surface area contributed by atoms with Gasteiger partial charge in [-0.2, -0.15) is 0 Å². The average Bonchev–Trinajstić information content (AvgIpc) is 3.46. The molecule has 2 aromatic heterocycles. The zero-order chi connectivity index (χ0) is 28.9. The Morgan fingerprint density at radius 2 is 1.68 bits per heavy atom. The SMILES string of the molecule is Cc1cc(C)nc(CNc2ccc(C(=O)NC(c3ccccc3)C(O)C(=O)N(N)c3ccc4nc[nH]c4c3)cc2)n1. The highest BCUT2D eigenvalue weighted by Gasteiger charge is 2.32. The number of amides is 2. The molecule has 208 valence electrons. The third kappa shape index (κ3) is 6.38. The number of nitrogens with two attached hydrogens (primary N) is 1. The van der Waals surface area contributed by atoms with Crippen molar-refractivity contribution in [3.8, 4) is 0 Å². The zero-order valence-corrected chi connectivity index (χ0v) is 22.6. The van der Waals surface area contributed by atoms with Crippen LogP contribution in [0.25, 0.3) is 11.0 Å². The Morgan fingerprint density at radius 1 is 0.976 bits per heavy atom. The van der Waals surface area contributed by atoms with E-state index in [9.17, 15) is 14.7 Å². The molecule has 0 bridgehead atoms. The molecule has 5 aromatic rings. The zero-order valence-electron chi connectivity index (χ0n) is 22.6. The molecule has 0 saturated carbocycles. The lowest BCUT2D eigenvalue weighted by molar-refractivity contribution is -0.128. The van der Waals surface area contributed by atoms with Crippen LogP contribution in [-0.4, -0.2) is 43.0 Å². The number of fused-ring (bicyclic) bond motifs is 1. The fourth-order valence-corrected chi connectivity index (χ4v) is 4.51. The number of aliphatic hydroxyl groups is 1. The Morgan fingerprint density at radius 3 is 2.39 bits per heavy atom. The minimum atomic E-state index is -1.66. The Labute approximate surface area is 236 Å². The first-order valence-electron chi connectivity index (χ1n) is 13.0. The quantitative estimate of drug-likeness (QED) is 0.106. The third-order valence-electron chi connectivity index (χ3n) is 6.56. The van der Waals surface area contributed by atoms with Crippen molar-refractivity contribution in [1.82, 2.24) is 25.3 Å². The topological polar surface area (TPSA) is 162 Å². The number of aromatic amines is 1. The van der Waals surface area contributed by atoms with Crippen molar-refractivity contribution in [2.45, 2.75) is 32.5 Å². The molecule has 0 radical (unpaired) electrons. The number of aliphatic hydroxyl groups excluding tert-OH is 1. The number of nitrogens with zero attached hydrogens (tertiary/aromatic N) is 4. The summed E-state index contributed by atoms with van der Waals surface area (Å²) in [7, 11) is 0. The van der Waals surface area contributed by atoms with E-state index in [4.69, 9.17) is 5.84 Å². The van der Waals surface area contributed by atoms with E-state index < -0.39 is 24.0 Å². The molecule has 41 heavy (non-hydrogen) atoms. The second-order valence-corrected chi connectivity index (χ2v) is 9.62. The third-order valence-corrected chi connectivity index (χ3v) is 6.56. The molecule has 2 amide bonds. The second kappa shape index (κ2) is 11.9. The van der Waals surface area contributed by atoms with Crippen molar-refractivity contribution in [2.24, 2.45) is 5.84 Å². The molecule has 0 aliphatic carbocycles. The standard InChI is InChI=1S/C30H30N8O3/c1-18-14-19(2)36-26(35-18)16-32-22-10-8-21(9-11-22)29(40)37-27(20-6-4-3-5-7-20)28(39)30(41)38(31)23-12-13-24-25(15-23)34-17-33-24/h3-15,17,27-28,32,39H,16,31H2,1-2H3,(H,33,34)(H,37,40). The molecule has 5 rings (SSSR count). The lowest BCUT2D eigenvalue weighted by Gasteiger charge is -2.27. The minimum Gasteiger partial charge on any atom is -0.381 e. The first-order chi connectivity index (χ1) is 19.8. The van der Waals surface area contributed by atoms with Gasteiger partial charge in [-0.25, -0.2) is 25.8 Å². The van der Waals surface area contributed by atoms with E-state index in [1.54, 1.807) is 72.8 Å². The Kier molecular flexibility index (Phi) is 7.99. The van der Waals surface area contributed by atoms with Crippen molar-refractivity contribution in [2.75, 3.05) is 10.3 Å². The number of nitrogens with one attached hydrogen (secondary N) is 3. The van der Waals surface area contributed by atoms with Gasteiger partial charge in [-0.15, -0.1) is 0 Å². The van der Waals surface area contributed by atoms with Crippen molar-refractivity contribution < 1.29 is 14.7 Å². The number of imidazole rings is 1. The smallest absolute Gasteiger partial charge is 0.272 e. The molecule has 0 aliphatic rings. The van der Waals surface area contributed by atoms with E-state index in [0.29, 0.717) is 40.2 Å². The maximum Gasteiger partial charge on any atom is 0.272 e. The average molecular weight is 551 g/mol. The van der Waals surface area contributed by atoms with Crippen LogP contribution in [0.2, 0.25) is 0 Å². The van der Waals surface area contributed by atoms with Crippen molar-refractivity contribution in [3.63, 3.8) is 0 Å². The molecule has 0 saturated heterocycles. The molecule has 6 N–H and O–H groups in total. The molecule has 0 fully saturated rings. The molecule has 11 nitrogen and oxygen atoms in total. The highest BCUT2D eigenvalue weighted by atomic mass is 16.3. The summed E-state index contributed by atoms with van der Waals surface area (Å²) in [6.45, 7) is 4.27. The van der Waals surface area contributed by atoms with E-state index >= 15 is 0 Å². The monoisotopic (exact) mass is 550 g/mol. The van der Waals surface area contributed by atoms with Crippen LogP contribution in [-0.2, 0) is 11.3 Å². The Hall–Kier alpha value is -5.13. The Balaban J connectivity index is 1.29. The van der Waals surface area contributed by atoms with Crippen molar-refractivity contribution in [3.05, 3.63) is 114 Å². The number of anilines is 2. The maximum atomic E-state index is 13.3. The number of carbonyl (C=O) groups excluding carboxylic acids is 2. The number of hydrogen-bond donors (Lipinski definition) is 5. The van der Waals surface area contributed by atoms with Gasteiger partial charge in [-0.1, -0.05) is 30.3 Å². The summed E-state index contributed by atoms with van der Waals surface area (Å²) in [6, 6.07) is 21.5. The van der Waals surface area contributed by atoms with Gasteiger partial charge in [0, 0.05) is 22.6 Å². The van der Waals surface area contributed by atoms with Crippen molar-refractivity contribution >= 4 is 34.2 Å². The fourth-order valence-electron chi connectivity index (χ4n) is 4.51. The number of benzene rings is 3. The maximum absolute atomic E-state index is 13.3. The molecule has 2 atom stereocenters. The molecule has 0 spiro atoms. The number of aryl methyl sites for hydroxylation is 2. The molecular formula is C30H30N8O3. The molecule has 2 heterocycles. The predicted molar refractivity (Wildman–Crippen MR) is 156 cm³/mol. The van der Waals surface area contributed by atoms with Gasteiger partial charge in [0.15, 0.2) is 6.10 Å². The van der Waals surface area contributed by atoms with Gasteiger partial charge in [0.05, 0.1) is 35.6 Å². The molecule has 3 aromatic carbocycles. The molecule has 0 aliphatic heterocycles. The first-order valence-corrected chi connectivity index (χ1v) is 13.0. The van der Waals surface area contributed by atoms with Crippen LogP contribution in [0.1, 0.15) is 39.2 Å². The van der Waals surface area contributed by atoms with E-state index in [1.165, 1.54) is 6.33 Å². The second-order valence-electron chi connectivity index (χ2n) is 9.62. The Bertz CT molecular complexity index is 1650. The summed E-state index contributed by atoms with van der Waals surface area (Å²) in [5, 5.41) is 18.1. The summed E-state index contributed by atoms with van der Waals surface area (Å²) in [4.78, 5) is 42.5. The van der Waals surface area contributed by atoms with Gasteiger partial charge in [0.2, 0.25) is 0 Å². The molecular weight excluding hydrogens is 520 g/mol. The van der Waals surface area contributed by atoms with Crippen LogP contribution in [0.5, 0.6) is 0 Å².